The van der Waals surface area contributed by atoms with Crippen LogP contribution in [0.25, 0.3) is 11.4 Å². The lowest BCUT2D eigenvalue weighted by Gasteiger charge is -2.51. The fourth-order valence-electron chi connectivity index (χ4n) is 4.44. The van der Waals surface area contributed by atoms with Gasteiger partial charge in [-0.1, -0.05) is 34.6 Å². The molecule has 0 saturated carbocycles. The first-order valence-corrected chi connectivity index (χ1v) is 14.3. The number of alkyl halides is 3. The number of carbonyl (C=O) groups excluding carboxylic acids is 1. The summed E-state index contributed by atoms with van der Waals surface area (Å²) in [5.74, 6) is -4.20. The largest absolute Gasteiger partial charge is 0.398 e. The molecule has 2 atom stereocenters. The van der Waals surface area contributed by atoms with Crippen LogP contribution in [0.4, 0.5) is 23.2 Å². The van der Waals surface area contributed by atoms with Gasteiger partial charge in [-0.05, 0) is 42.8 Å². The number of benzene rings is 1. The molecule has 3 N–H and O–H groups in total. The number of nitrogens with two attached hydrogens (primary N) is 1. The van der Waals surface area contributed by atoms with Crippen molar-refractivity contribution in [1.82, 2.24) is 14.9 Å². The number of amides is 1. The van der Waals surface area contributed by atoms with E-state index in [1.807, 2.05) is 0 Å². The third kappa shape index (κ3) is 6.52. The van der Waals surface area contributed by atoms with Crippen LogP contribution in [0.15, 0.2) is 35.3 Å². The fourth-order valence-corrected chi connectivity index (χ4v) is 5.68. The summed E-state index contributed by atoms with van der Waals surface area (Å²) in [6.07, 6.45) is -3.59. The summed E-state index contributed by atoms with van der Waals surface area (Å²) in [6.45, 7) is 10.2. The maximum absolute atomic E-state index is 14.5. The normalized spacial score (nSPS) is 15.1. The molecule has 0 aliphatic carbocycles. The van der Waals surface area contributed by atoms with Crippen molar-refractivity contribution in [1.29, 1.82) is 0 Å². The van der Waals surface area contributed by atoms with E-state index in [-0.39, 0.29) is 11.5 Å². The topological polar surface area (TPSA) is 99.2 Å². The highest BCUT2D eigenvalue weighted by molar-refractivity contribution is 6.48. The molecule has 0 spiro atoms. The number of hydrogen-bond acceptors (Lipinski definition) is 5. The van der Waals surface area contributed by atoms with Crippen molar-refractivity contribution in [3.05, 3.63) is 46.6 Å². The van der Waals surface area contributed by atoms with E-state index in [2.05, 4.69) is 10.3 Å². The Morgan fingerprint density at radius 1 is 1.17 bits per heavy atom. The maximum Gasteiger partial charge on any atom is 0.396 e. The number of nitrogens with one attached hydrogen (secondary N) is 1. The van der Waals surface area contributed by atoms with Crippen molar-refractivity contribution in [3.8, 4) is 11.4 Å². The van der Waals surface area contributed by atoms with Crippen molar-refractivity contribution < 1.29 is 26.8 Å². The number of nitrogens with zero attached hydrogens (tertiary/aromatic N) is 2. The predicted octanol–water partition coefficient (Wildman–Crippen LogP) is 4.32. The summed E-state index contributed by atoms with van der Waals surface area (Å²) >= 11 is 0. The van der Waals surface area contributed by atoms with Crippen LogP contribution in [0, 0.1) is 23.1 Å². The van der Waals surface area contributed by atoms with Gasteiger partial charge in [0.1, 0.15) is 35.5 Å². The molecule has 1 heterocycles. The van der Waals surface area contributed by atoms with Gasteiger partial charge in [0.05, 0.1) is 6.20 Å². The first kappa shape index (κ1) is 29.5. The lowest BCUT2D eigenvalue weighted by Crippen LogP contribution is -2.67. The SMILES string of the molecule is CC(C)C(NC(=O)Cn1c(-c2ccc(F)cc2)ncc(N)c1=O)(O[SiH](C)C)C(C(C)(C)C)C(F)(F)F. The van der Waals surface area contributed by atoms with Gasteiger partial charge in [-0.2, -0.15) is 13.2 Å². The highest BCUT2D eigenvalue weighted by atomic mass is 28.3. The standard InChI is InChI=1S/C24H34F4N4O3Si/c1-14(2)23(35-36(6)7,21(22(3,4)5)24(26,27)28)31-18(33)13-32-19(30-12-17(29)20(32)34)15-8-10-16(25)11-9-15/h8-12,14,21,36H,13,29H2,1-7H3,(H,31,33). The lowest BCUT2D eigenvalue weighted by molar-refractivity contribution is -0.265. The van der Waals surface area contributed by atoms with Crippen LogP contribution >= 0.6 is 0 Å². The molecule has 12 heteroatoms. The number of anilines is 1. The molecular formula is C24H34F4N4O3Si. The predicted molar refractivity (Wildman–Crippen MR) is 133 cm³/mol. The smallest absolute Gasteiger partial charge is 0.396 e. The monoisotopic (exact) mass is 530 g/mol. The Bertz CT molecular complexity index is 1110. The van der Waals surface area contributed by atoms with Gasteiger partial charge in [0.15, 0.2) is 9.04 Å². The number of halogens is 4. The summed E-state index contributed by atoms with van der Waals surface area (Å²) in [6, 6.07) is 5.05. The van der Waals surface area contributed by atoms with E-state index in [4.69, 9.17) is 10.2 Å². The molecule has 0 aliphatic rings. The van der Waals surface area contributed by atoms with Crippen LogP contribution in [-0.4, -0.2) is 36.4 Å². The molecule has 0 saturated heterocycles. The van der Waals surface area contributed by atoms with Crippen molar-refractivity contribution in [2.45, 2.75) is 66.2 Å². The fraction of sp³-hybridized carbons (Fsp3) is 0.542. The van der Waals surface area contributed by atoms with Crippen LogP contribution in [0.1, 0.15) is 34.6 Å². The first-order chi connectivity index (χ1) is 16.4. The minimum Gasteiger partial charge on any atom is -0.398 e. The van der Waals surface area contributed by atoms with Crippen molar-refractivity contribution in [3.63, 3.8) is 0 Å². The maximum atomic E-state index is 14.5. The van der Waals surface area contributed by atoms with Crippen LogP contribution < -0.4 is 16.6 Å². The zero-order valence-corrected chi connectivity index (χ0v) is 22.7. The molecule has 1 aromatic carbocycles. The summed E-state index contributed by atoms with van der Waals surface area (Å²) in [4.78, 5) is 30.3. The molecule has 2 rings (SSSR count). The van der Waals surface area contributed by atoms with E-state index < -0.39 is 62.0 Å². The summed E-state index contributed by atoms with van der Waals surface area (Å²) < 4.78 is 63.9. The minimum absolute atomic E-state index is 0.0156. The van der Waals surface area contributed by atoms with Gasteiger partial charge in [-0.3, -0.25) is 14.2 Å². The Morgan fingerprint density at radius 2 is 1.72 bits per heavy atom. The Morgan fingerprint density at radius 3 is 2.17 bits per heavy atom. The van der Waals surface area contributed by atoms with Gasteiger partial charge in [0.2, 0.25) is 5.91 Å². The third-order valence-electron chi connectivity index (χ3n) is 5.72. The zero-order chi connectivity index (χ0) is 27.6. The second-order valence-corrected chi connectivity index (χ2v) is 12.8. The van der Waals surface area contributed by atoms with E-state index >= 15 is 0 Å². The van der Waals surface area contributed by atoms with E-state index in [1.54, 1.807) is 26.9 Å². The van der Waals surface area contributed by atoms with E-state index in [0.29, 0.717) is 5.56 Å². The van der Waals surface area contributed by atoms with Gasteiger partial charge in [-0.15, -0.1) is 0 Å². The summed E-state index contributed by atoms with van der Waals surface area (Å²) in [7, 11) is -2.13. The van der Waals surface area contributed by atoms with E-state index in [1.165, 1.54) is 32.9 Å². The second-order valence-electron chi connectivity index (χ2n) is 10.4. The molecule has 7 nitrogen and oxygen atoms in total. The van der Waals surface area contributed by atoms with Crippen molar-refractivity contribution in [2.75, 3.05) is 5.73 Å². The van der Waals surface area contributed by atoms with Gasteiger partial charge < -0.3 is 15.5 Å². The van der Waals surface area contributed by atoms with Gasteiger partial charge in [0.25, 0.3) is 5.56 Å². The lowest BCUT2D eigenvalue weighted by atomic mass is 9.70. The zero-order valence-electron chi connectivity index (χ0n) is 21.5. The van der Waals surface area contributed by atoms with E-state index in [0.717, 1.165) is 22.9 Å². The molecule has 0 fully saturated rings. The number of rotatable bonds is 8. The van der Waals surface area contributed by atoms with Gasteiger partial charge in [0, 0.05) is 11.5 Å². The van der Waals surface area contributed by atoms with Crippen molar-refractivity contribution in [2.24, 2.45) is 17.3 Å². The van der Waals surface area contributed by atoms with Gasteiger partial charge >= 0.3 is 6.18 Å². The average molecular weight is 531 g/mol. The average Bonchev–Trinajstić information content (AvgIpc) is 2.69. The van der Waals surface area contributed by atoms with Crippen LogP contribution in [0.5, 0.6) is 0 Å². The molecule has 0 radical (unpaired) electrons. The molecule has 200 valence electrons. The summed E-state index contributed by atoms with van der Waals surface area (Å²) in [5.41, 5.74) is 1.63. The Labute approximate surface area is 209 Å². The molecule has 1 aromatic heterocycles. The van der Waals surface area contributed by atoms with Gasteiger partial charge in [-0.25, -0.2) is 9.37 Å². The third-order valence-corrected chi connectivity index (χ3v) is 6.58. The highest BCUT2D eigenvalue weighted by Crippen LogP contribution is 2.49. The van der Waals surface area contributed by atoms with E-state index in [9.17, 15) is 27.2 Å². The number of carbonyl (C=O) groups is 1. The number of aromatic nitrogens is 2. The Kier molecular flexibility index (Phi) is 8.78. The molecule has 36 heavy (non-hydrogen) atoms. The minimum atomic E-state index is -4.70. The van der Waals surface area contributed by atoms with Crippen LogP contribution in [0.2, 0.25) is 13.1 Å². The van der Waals surface area contributed by atoms with Crippen LogP contribution in [-0.2, 0) is 15.8 Å². The summed E-state index contributed by atoms with van der Waals surface area (Å²) in [5, 5.41) is 2.52. The second kappa shape index (κ2) is 10.7. The number of hydrogen-bond donors (Lipinski definition) is 2. The quantitative estimate of drug-likeness (QED) is 0.301. The molecule has 2 unspecified atom stereocenters. The Hall–Kier alpha value is -2.73. The molecule has 1 amide bonds. The molecule has 2 aromatic rings. The molecule has 0 aliphatic heterocycles. The highest BCUT2D eigenvalue weighted by Gasteiger charge is 2.61. The van der Waals surface area contributed by atoms with Crippen molar-refractivity contribution >= 4 is 20.6 Å². The molecular weight excluding hydrogens is 496 g/mol. The number of nitrogen functional groups attached to an aromatic ring is 1. The molecule has 0 bridgehead atoms. The van der Waals surface area contributed by atoms with Crippen LogP contribution in [0.3, 0.4) is 0 Å². The Balaban J connectivity index is 2.61. The first-order valence-electron chi connectivity index (χ1n) is 11.6.